The van der Waals surface area contributed by atoms with E-state index in [0.717, 1.165) is 0 Å². The van der Waals surface area contributed by atoms with Gasteiger partial charge in [0, 0.05) is 6.07 Å². The van der Waals surface area contributed by atoms with Gasteiger partial charge in [-0.25, -0.2) is 8.42 Å². The number of nitrogens with one attached hydrogen (secondary N) is 1. The Kier molecular flexibility index (Phi) is 7.51. The van der Waals surface area contributed by atoms with Gasteiger partial charge in [0.15, 0.2) is 11.5 Å². The Balaban J connectivity index is 2.26. The van der Waals surface area contributed by atoms with Crippen molar-refractivity contribution in [3.8, 4) is 17.2 Å². The molecule has 0 radical (unpaired) electrons. The number of nitrogens with two attached hydrogens (primary N) is 1. The van der Waals surface area contributed by atoms with Gasteiger partial charge in [0.2, 0.25) is 5.91 Å². The lowest BCUT2D eigenvalue weighted by Crippen LogP contribution is -2.16. The third-order valence-electron chi connectivity index (χ3n) is 3.56. The van der Waals surface area contributed by atoms with E-state index in [0.29, 0.717) is 30.5 Å². The summed E-state index contributed by atoms with van der Waals surface area (Å²) in [6.07, 6.45) is 0.0255. The second kappa shape index (κ2) is 9.84. The summed E-state index contributed by atoms with van der Waals surface area (Å²) in [7, 11) is -3.91. The number of amides is 1. The van der Waals surface area contributed by atoms with Gasteiger partial charge in [-0.15, -0.1) is 0 Å². The zero-order valence-corrected chi connectivity index (χ0v) is 16.6. The number of hydrogen-bond acceptors (Lipinski definition) is 6. The highest BCUT2D eigenvalue weighted by molar-refractivity contribution is 7.92. The highest BCUT2D eigenvalue weighted by Gasteiger charge is 2.19. The molecule has 0 heterocycles. The van der Waals surface area contributed by atoms with E-state index in [-0.39, 0.29) is 23.6 Å². The summed E-state index contributed by atoms with van der Waals surface area (Å²) in [6, 6.07) is 10.9. The van der Waals surface area contributed by atoms with Gasteiger partial charge in [0.25, 0.3) is 10.0 Å². The van der Waals surface area contributed by atoms with Gasteiger partial charge >= 0.3 is 0 Å². The Hall–Kier alpha value is -2.94. The van der Waals surface area contributed by atoms with Crippen LogP contribution in [0.4, 0.5) is 5.69 Å². The first kappa shape index (κ1) is 21.4. The van der Waals surface area contributed by atoms with Gasteiger partial charge in [0.1, 0.15) is 5.75 Å². The molecule has 2 rings (SSSR count). The number of anilines is 1. The molecular formula is C19H24N2O6S. The zero-order valence-electron chi connectivity index (χ0n) is 15.8. The molecule has 0 saturated carbocycles. The smallest absolute Gasteiger partial charge is 0.262 e. The molecule has 0 fully saturated rings. The van der Waals surface area contributed by atoms with Crippen LogP contribution in [0.1, 0.15) is 20.3 Å². The number of ether oxygens (including phenoxy) is 3. The number of benzene rings is 2. The van der Waals surface area contributed by atoms with Crippen LogP contribution < -0.4 is 24.7 Å². The first-order valence-corrected chi connectivity index (χ1v) is 10.3. The van der Waals surface area contributed by atoms with Crippen molar-refractivity contribution >= 4 is 21.6 Å². The second-order valence-electron chi connectivity index (χ2n) is 5.64. The number of primary amides is 1. The Labute approximate surface area is 164 Å². The van der Waals surface area contributed by atoms with Crippen molar-refractivity contribution in [2.24, 2.45) is 5.73 Å². The minimum Gasteiger partial charge on any atom is -0.491 e. The van der Waals surface area contributed by atoms with Crippen LogP contribution in [0.3, 0.4) is 0 Å². The van der Waals surface area contributed by atoms with E-state index in [9.17, 15) is 13.2 Å². The number of para-hydroxylation sites is 2. The molecule has 3 N–H and O–H groups in total. The fourth-order valence-electron chi connectivity index (χ4n) is 2.34. The predicted octanol–water partition coefficient (Wildman–Crippen LogP) is 2.54. The number of sulfonamides is 1. The highest BCUT2D eigenvalue weighted by Crippen LogP contribution is 2.32. The van der Waals surface area contributed by atoms with Gasteiger partial charge in [-0.1, -0.05) is 12.1 Å². The van der Waals surface area contributed by atoms with Crippen LogP contribution in [0.25, 0.3) is 0 Å². The quantitative estimate of drug-likeness (QED) is 0.590. The standard InChI is InChI=1S/C19H24N2O6S/c1-3-25-17-10-9-14(13-18(17)26-4-2)28(23,24)21-15-7-5-6-8-16(15)27-12-11-19(20)22/h5-10,13,21H,3-4,11-12H2,1-2H3,(H2,20,22). The normalized spacial score (nSPS) is 10.9. The van der Waals surface area contributed by atoms with Crippen LogP contribution in [0.5, 0.6) is 17.2 Å². The average Bonchev–Trinajstić information content (AvgIpc) is 2.64. The molecule has 0 unspecified atom stereocenters. The molecule has 2 aromatic carbocycles. The largest absolute Gasteiger partial charge is 0.491 e. The predicted molar refractivity (Wildman–Crippen MR) is 105 cm³/mol. The van der Waals surface area contributed by atoms with E-state index in [4.69, 9.17) is 19.9 Å². The first-order chi connectivity index (χ1) is 13.4. The van der Waals surface area contributed by atoms with Crippen LogP contribution in [0.15, 0.2) is 47.4 Å². The van der Waals surface area contributed by atoms with Crippen LogP contribution in [0, 0.1) is 0 Å². The summed E-state index contributed by atoms with van der Waals surface area (Å²) in [5, 5.41) is 0. The van der Waals surface area contributed by atoms with Crippen LogP contribution in [-0.4, -0.2) is 34.1 Å². The van der Waals surface area contributed by atoms with E-state index in [1.54, 1.807) is 37.3 Å². The van der Waals surface area contributed by atoms with E-state index in [1.165, 1.54) is 12.1 Å². The fraction of sp³-hybridized carbons (Fsp3) is 0.316. The van der Waals surface area contributed by atoms with E-state index in [2.05, 4.69) is 4.72 Å². The zero-order chi connectivity index (χ0) is 20.6. The van der Waals surface area contributed by atoms with E-state index >= 15 is 0 Å². The molecule has 0 aromatic heterocycles. The minimum absolute atomic E-state index is 0.0198. The molecule has 0 aliphatic carbocycles. The van der Waals surface area contributed by atoms with Gasteiger partial charge in [-0.05, 0) is 38.1 Å². The summed E-state index contributed by atoms with van der Waals surface area (Å²) in [6.45, 7) is 4.48. The van der Waals surface area contributed by atoms with Crippen LogP contribution in [-0.2, 0) is 14.8 Å². The summed E-state index contributed by atoms with van der Waals surface area (Å²) in [5.74, 6) is 0.607. The van der Waals surface area contributed by atoms with Gasteiger partial charge in [-0.3, -0.25) is 9.52 Å². The molecule has 0 atom stereocenters. The third kappa shape index (κ3) is 5.78. The Bertz CT molecular complexity index is 914. The maximum Gasteiger partial charge on any atom is 0.262 e. The molecule has 152 valence electrons. The summed E-state index contributed by atoms with van der Waals surface area (Å²) in [5.41, 5.74) is 5.34. The topological polar surface area (TPSA) is 117 Å². The SMILES string of the molecule is CCOc1ccc(S(=O)(=O)Nc2ccccc2OCCC(N)=O)cc1OCC. The van der Waals surface area contributed by atoms with Gasteiger partial charge in [-0.2, -0.15) is 0 Å². The van der Waals surface area contributed by atoms with E-state index < -0.39 is 15.9 Å². The average molecular weight is 408 g/mol. The molecule has 8 nitrogen and oxygen atoms in total. The molecule has 0 saturated heterocycles. The van der Waals surface area contributed by atoms with E-state index in [1.807, 2.05) is 6.92 Å². The Morgan fingerprint density at radius 1 is 0.964 bits per heavy atom. The molecule has 1 amide bonds. The molecule has 0 bridgehead atoms. The number of carbonyl (C=O) groups excluding carboxylic acids is 1. The summed E-state index contributed by atoms with van der Waals surface area (Å²) < 4.78 is 44.6. The molecule has 0 aliphatic rings. The summed E-state index contributed by atoms with van der Waals surface area (Å²) >= 11 is 0. The molecular weight excluding hydrogens is 384 g/mol. The fourth-order valence-corrected chi connectivity index (χ4v) is 3.43. The van der Waals surface area contributed by atoms with Crippen LogP contribution >= 0.6 is 0 Å². The Morgan fingerprint density at radius 2 is 1.64 bits per heavy atom. The van der Waals surface area contributed by atoms with Crippen LogP contribution in [0.2, 0.25) is 0 Å². The maximum absolute atomic E-state index is 12.8. The van der Waals surface area contributed by atoms with Gasteiger partial charge in [0.05, 0.1) is 36.8 Å². The van der Waals surface area contributed by atoms with Crippen molar-refractivity contribution in [1.29, 1.82) is 0 Å². The van der Waals surface area contributed by atoms with Crippen molar-refractivity contribution in [2.45, 2.75) is 25.2 Å². The number of hydrogen-bond donors (Lipinski definition) is 2. The first-order valence-electron chi connectivity index (χ1n) is 8.80. The van der Waals surface area contributed by atoms with Crippen molar-refractivity contribution in [3.63, 3.8) is 0 Å². The molecule has 9 heteroatoms. The van der Waals surface area contributed by atoms with Crippen molar-refractivity contribution in [3.05, 3.63) is 42.5 Å². The van der Waals surface area contributed by atoms with Crippen molar-refractivity contribution in [1.82, 2.24) is 0 Å². The monoisotopic (exact) mass is 408 g/mol. The lowest BCUT2D eigenvalue weighted by Gasteiger charge is -2.15. The summed E-state index contributed by atoms with van der Waals surface area (Å²) in [4.78, 5) is 10.9. The van der Waals surface area contributed by atoms with Gasteiger partial charge < -0.3 is 19.9 Å². The molecule has 0 spiro atoms. The molecule has 28 heavy (non-hydrogen) atoms. The third-order valence-corrected chi connectivity index (χ3v) is 4.93. The Morgan fingerprint density at radius 3 is 2.32 bits per heavy atom. The minimum atomic E-state index is -3.91. The molecule has 0 aliphatic heterocycles. The number of carbonyl (C=O) groups is 1. The van der Waals surface area contributed by atoms with Crippen molar-refractivity contribution in [2.75, 3.05) is 24.5 Å². The lowest BCUT2D eigenvalue weighted by molar-refractivity contribution is -0.118. The second-order valence-corrected chi connectivity index (χ2v) is 7.32. The highest BCUT2D eigenvalue weighted by atomic mass is 32.2. The lowest BCUT2D eigenvalue weighted by atomic mass is 10.3. The van der Waals surface area contributed by atoms with Crippen molar-refractivity contribution < 1.29 is 27.4 Å². The maximum atomic E-state index is 12.8. The number of rotatable bonds is 11. The molecule has 2 aromatic rings.